The van der Waals surface area contributed by atoms with Gasteiger partial charge in [0.1, 0.15) is 18.1 Å². The number of benzene rings is 2. The van der Waals surface area contributed by atoms with Crippen LogP contribution in [0.1, 0.15) is 37.9 Å². The largest absolute Gasteiger partial charge is 0.488 e. The summed E-state index contributed by atoms with van der Waals surface area (Å²) in [7, 11) is 0. The van der Waals surface area contributed by atoms with Crippen molar-refractivity contribution in [2.75, 3.05) is 18.8 Å². The molecule has 3 heterocycles. The summed E-state index contributed by atoms with van der Waals surface area (Å²) in [5.41, 5.74) is 10.7. The standard InChI is InChI=1S/C26H28N6O3/c1-26(2,3)20-21(18-11-7-8-12-19(18)35-15-16-9-5-4-6-10-16)28-29-22-23(20)32(30-24(22)27)17-13-31(14-17)25(33)34/h4-12,17H,13-15H2,1-3H3,(H2,27,30)(H,33,34). The predicted octanol–water partition coefficient (Wildman–Crippen LogP) is 4.49. The third-order valence-corrected chi connectivity index (χ3v) is 6.24. The summed E-state index contributed by atoms with van der Waals surface area (Å²) < 4.78 is 8.06. The van der Waals surface area contributed by atoms with Crippen molar-refractivity contribution >= 4 is 22.9 Å². The van der Waals surface area contributed by atoms with E-state index in [9.17, 15) is 9.90 Å². The maximum Gasteiger partial charge on any atom is 0.407 e. The normalized spacial score (nSPS) is 14.2. The van der Waals surface area contributed by atoms with E-state index in [0.29, 0.717) is 36.7 Å². The van der Waals surface area contributed by atoms with Crippen LogP contribution in [0.15, 0.2) is 54.6 Å². The van der Waals surface area contributed by atoms with Crippen molar-refractivity contribution in [1.29, 1.82) is 0 Å². The topological polar surface area (TPSA) is 119 Å². The van der Waals surface area contributed by atoms with E-state index in [1.54, 1.807) is 0 Å². The van der Waals surface area contributed by atoms with Gasteiger partial charge in [-0.15, -0.1) is 10.2 Å². The Kier molecular flexibility index (Phi) is 5.55. The lowest BCUT2D eigenvalue weighted by atomic mass is 9.83. The highest BCUT2D eigenvalue weighted by Gasteiger charge is 2.37. The number of nitrogen functional groups attached to an aromatic ring is 1. The minimum Gasteiger partial charge on any atom is -0.488 e. The van der Waals surface area contributed by atoms with E-state index in [4.69, 9.17) is 10.5 Å². The molecule has 1 saturated heterocycles. The maximum absolute atomic E-state index is 11.3. The second-order valence-corrected chi connectivity index (χ2v) is 9.81. The number of ether oxygens (including phenoxy) is 1. The minimum absolute atomic E-state index is 0.117. The molecule has 0 aliphatic carbocycles. The first-order valence-electron chi connectivity index (χ1n) is 11.5. The smallest absolute Gasteiger partial charge is 0.407 e. The number of likely N-dealkylation sites (tertiary alicyclic amines) is 1. The number of rotatable bonds is 5. The highest BCUT2D eigenvalue weighted by atomic mass is 16.5. The van der Waals surface area contributed by atoms with Crippen molar-refractivity contribution < 1.29 is 14.6 Å². The average molecular weight is 473 g/mol. The number of hydrogen-bond acceptors (Lipinski definition) is 6. The molecular formula is C26H28N6O3. The number of fused-ring (bicyclic) bond motifs is 1. The van der Waals surface area contributed by atoms with Crippen LogP contribution in [0.3, 0.4) is 0 Å². The molecule has 1 amide bonds. The van der Waals surface area contributed by atoms with Crippen LogP contribution in [0.25, 0.3) is 22.3 Å². The summed E-state index contributed by atoms with van der Waals surface area (Å²) in [4.78, 5) is 12.7. The molecule has 35 heavy (non-hydrogen) atoms. The summed E-state index contributed by atoms with van der Waals surface area (Å²) >= 11 is 0. The van der Waals surface area contributed by atoms with Crippen LogP contribution in [0.4, 0.5) is 10.6 Å². The van der Waals surface area contributed by atoms with Crippen LogP contribution in [0.5, 0.6) is 5.75 Å². The van der Waals surface area contributed by atoms with E-state index in [1.807, 2.05) is 59.3 Å². The van der Waals surface area contributed by atoms with Crippen molar-refractivity contribution in [3.05, 3.63) is 65.7 Å². The number of nitrogens with two attached hydrogens (primary N) is 1. The fourth-order valence-corrected chi connectivity index (χ4v) is 4.49. The van der Waals surface area contributed by atoms with Gasteiger partial charge in [-0.05, 0) is 23.1 Å². The van der Waals surface area contributed by atoms with Gasteiger partial charge in [0.15, 0.2) is 11.3 Å². The fourth-order valence-electron chi connectivity index (χ4n) is 4.49. The first kappa shape index (κ1) is 22.6. The highest BCUT2D eigenvalue weighted by molar-refractivity contribution is 5.92. The van der Waals surface area contributed by atoms with Gasteiger partial charge in [-0.3, -0.25) is 4.68 Å². The lowest BCUT2D eigenvalue weighted by Gasteiger charge is -2.37. The first-order chi connectivity index (χ1) is 16.7. The van der Waals surface area contributed by atoms with Crippen LogP contribution in [0.2, 0.25) is 0 Å². The number of carbonyl (C=O) groups is 1. The lowest BCUT2D eigenvalue weighted by molar-refractivity contribution is 0.0828. The Balaban J connectivity index is 1.63. The van der Waals surface area contributed by atoms with Gasteiger partial charge in [0.2, 0.25) is 0 Å². The molecule has 9 nitrogen and oxygen atoms in total. The molecule has 4 aromatic rings. The third-order valence-electron chi connectivity index (χ3n) is 6.24. The van der Waals surface area contributed by atoms with Gasteiger partial charge in [0.05, 0.1) is 11.6 Å². The number of para-hydroxylation sites is 1. The van der Waals surface area contributed by atoms with Gasteiger partial charge in [-0.1, -0.05) is 63.2 Å². The number of carboxylic acid groups (broad SMARTS) is 1. The summed E-state index contributed by atoms with van der Waals surface area (Å²) in [6.07, 6.45) is -0.938. The van der Waals surface area contributed by atoms with Gasteiger partial charge in [-0.25, -0.2) is 4.79 Å². The monoisotopic (exact) mass is 472 g/mol. The second kappa shape index (κ2) is 8.57. The Morgan fingerprint density at radius 3 is 2.46 bits per heavy atom. The number of nitrogens with zero attached hydrogens (tertiary/aromatic N) is 5. The Morgan fingerprint density at radius 2 is 1.77 bits per heavy atom. The molecule has 180 valence electrons. The molecular weight excluding hydrogens is 444 g/mol. The molecule has 3 N–H and O–H groups in total. The van der Waals surface area contributed by atoms with Gasteiger partial charge in [0, 0.05) is 24.2 Å². The zero-order valence-corrected chi connectivity index (χ0v) is 20.0. The summed E-state index contributed by atoms with van der Waals surface area (Å²) in [6, 6.07) is 17.7. The molecule has 0 radical (unpaired) electrons. The van der Waals surface area contributed by atoms with E-state index in [2.05, 4.69) is 36.1 Å². The Labute approximate surface area is 203 Å². The molecule has 0 spiro atoms. The molecule has 9 heteroatoms. The van der Waals surface area contributed by atoms with E-state index >= 15 is 0 Å². The number of aromatic nitrogens is 4. The maximum atomic E-state index is 11.3. The van der Waals surface area contributed by atoms with Crippen molar-refractivity contribution in [2.45, 2.75) is 38.8 Å². The number of amides is 1. The minimum atomic E-state index is -0.938. The van der Waals surface area contributed by atoms with Crippen LogP contribution in [-0.4, -0.2) is 49.2 Å². The first-order valence-corrected chi connectivity index (χ1v) is 11.5. The zero-order chi connectivity index (χ0) is 24.7. The summed E-state index contributed by atoms with van der Waals surface area (Å²) in [5.74, 6) is 0.988. The highest BCUT2D eigenvalue weighted by Crippen LogP contribution is 2.42. The molecule has 1 aliphatic heterocycles. The molecule has 0 unspecified atom stereocenters. The molecule has 0 bridgehead atoms. The average Bonchev–Trinajstić information content (AvgIpc) is 3.12. The van der Waals surface area contributed by atoms with Gasteiger partial charge in [-0.2, -0.15) is 5.10 Å². The Bertz CT molecular complexity index is 1390. The predicted molar refractivity (Wildman–Crippen MR) is 133 cm³/mol. The molecule has 1 fully saturated rings. The number of hydrogen-bond donors (Lipinski definition) is 2. The van der Waals surface area contributed by atoms with Crippen LogP contribution in [0, 0.1) is 0 Å². The third kappa shape index (κ3) is 4.14. The van der Waals surface area contributed by atoms with Gasteiger partial charge in [0.25, 0.3) is 0 Å². The van der Waals surface area contributed by atoms with Crippen LogP contribution in [-0.2, 0) is 12.0 Å². The quantitative estimate of drug-likeness (QED) is 0.439. The lowest BCUT2D eigenvalue weighted by Crippen LogP contribution is -2.50. The van der Waals surface area contributed by atoms with E-state index < -0.39 is 6.09 Å². The Hall–Kier alpha value is -4.14. The van der Waals surface area contributed by atoms with E-state index in [0.717, 1.165) is 22.2 Å². The van der Waals surface area contributed by atoms with E-state index in [1.165, 1.54) is 4.90 Å². The number of anilines is 1. The van der Waals surface area contributed by atoms with Crippen molar-refractivity contribution in [1.82, 2.24) is 24.9 Å². The van der Waals surface area contributed by atoms with Crippen molar-refractivity contribution in [3.8, 4) is 17.0 Å². The van der Waals surface area contributed by atoms with Crippen LogP contribution >= 0.6 is 0 Å². The summed E-state index contributed by atoms with van der Waals surface area (Å²) in [6.45, 7) is 7.46. The fraction of sp³-hybridized carbons (Fsp3) is 0.308. The van der Waals surface area contributed by atoms with E-state index in [-0.39, 0.29) is 17.3 Å². The Morgan fingerprint density at radius 1 is 1.09 bits per heavy atom. The molecule has 5 rings (SSSR count). The van der Waals surface area contributed by atoms with Gasteiger partial charge < -0.3 is 20.5 Å². The molecule has 2 aromatic carbocycles. The second-order valence-electron chi connectivity index (χ2n) is 9.81. The summed E-state index contributed by atoms with van der Waals surface area (Å²) in [5, 5.41) is 22.9. The van der Waals surface area contributed by atoms with Crippen molar-refractivity contribution in [3.63, 3.8) is 0 Å². The van der Waals surface area contributed by atoms with Gasteiger partial charge >= 0.3 is 6.09 Å². The zero-order valence-electron chi connectivity index (χ0n) is 20.0. The van der Waals surface area contributed by atoms with Crippen LogP contribution < -0.4 is 10.5 Å². The molecule has 2 aromatic heterocycles. The SMILES string of the molecule is CC(C)(C)c1c(-c2ccccc2OCc2ccccc2)nnc2c(N)nn(C3CN(C(=O)O)C3)c12. The van der Waals surface area contributed by atoms with Crippen molar-refractivity contribution in [2.24, 2.45) is 0 Å². The molecule has 1 aliphatic rings. The molecule has 0 atom stereocenters. The molecule has 0 saturated carbocycles.